The molecule has 96 valence electrons. The number of Topliss-reactive ketones (excluding diaryl/α,β-unsaturated/α-hetero) is 1. The number of carbonyl (C=O) groups is 1. The summed E-state index contributed by atoms with van der Waals surface area (Å²) in [5.41, 5.74) is 2.88. The van der Waals surface area contributed by atoms with Gasteiger partial charge in [0.25, 0.3) is 0 Å². The normalized spacial score (nSPS) is 17.0. The molecular formula is C16H15NO2. The number of ether oxygens (including phenoxy) is 1. The summed E-state index contributed by atoms with van der Waals surface area (Å²) in [5, 5.41) is 0. The number of fused-ring (bicyclic) bond motifs is 1. The second kappa shape index (κ2) is 4.84. The van der Waals surface area contributed by atoms with Crippen LogP contribution in [0.15, 0.2) is 42.6 Å². The third-order valence-corrected chi connectivity index (χ3v) is 3.65. The van der Waals surface area contributed by atoms with Gasteiger partial charge in [-0.15, -0.1) is 0 Å². The fourth-order valence-electron chi connectivity index (χ4n) is 2.62. The van der Waals surface area contributed by atoms with E-state index < -0.39 is 0 Å². The second-order valence-electron chi connectivity index (χ2n) is 4.73. The van der Waals surface area contributed by atoms with Crippen molar-refractivity contribution in [3.63, 3.8) is 0 Å². The summed E-state index contributed by atoms with van der Waals surface area (Å²) in [6.07, 6.45) is 3.56. The highest BCUT2D eigenvalue weighted by molar-refractivity contribution is 6.01. The molecule has 1 aromatic carbocycles. The Kier molecular flexibility index (Phi) is 3.03. The van der Waals surface area contributed by atoms with Crippen LogP contribution in [0.3, 0.4) is 0 Å². The largest absolute Gasteiger partial charge is 0.497 e. The van der Waals surface area contributed by atoms with Crippen molar-refractivity contribution in [3.05, 3.63) is 59.4 Å². The minimum Gasteiger partial charge on any atom is -0.497 e. The van der Waals surface area contributed by atoms with E-state index in [-0.39, 0.29) is 11.7 Å². The number of methoxy groups -OCH3 is 1. The van der Waals surface area contributed by atoms with Gasteiger partial charge in [-0.25, -0.2) is 0 Å². The minimum atomic E-state index is -0.0930. The van der Waals surface area contributed by atoms with Gasteiger partial charge in [-0.3, -0.25) is 9.78 Å². The Balaban J connectivity index is 1.89. The maximum Gasteiger partial charge on any atom is 0.171 e. The van der Waals surface area contributed by atoms with Gasteiger partial charge in [0.05, 0.1) is 18.7 Å². The highest BCUT2D eigenvalue weighted by atomic mass is 16.5. The molecule has 0 N–H and O–H groups in total. The van der Waals surface area contributed by atoms with Gasteiger partial charge < -0.3 is 4.74 Å². The first kappa shape index (κ1) is 11.9. The number of benzene rings is 1. The number of aromatic nitrogens is 1. The standard InChI is InChI=1S/C16H15NO2/c1-19-13-7-4-12(5-8-13)16(18)14-9-6-11-3-2-10-17-15(11)14/h2-5,7-8,10,14H,6,9H2,1H3. The number of carbonyl (C=O) groups excluding carboxylic acids is 1. The molecule has 1 heterocycles. The van der Waals surface area contributed by atoms with Crippen molar-refractivity contribution < 1.29 is 9.53 Å². The molecule has 1 atom stereocenters. The van der Waals surface area contributed by atoms with Crippen LogP contribution in [0.2, 0.25) is 0 Å². The van der Waals surface area contributed by atoms with Crippen LogP contribution in [0.1, 0.15) is 34.0 Å². The quantitative estimate of drug-likeness (QED) is 0.789. The molecule has 0 amide bonds. The van der Waals surface area contributed by atoms with E-state index in [0.717, 1.165) is 29.8 Å². The maximum atomic E-state index is 12.5. The molecule has 0 saturated heterocycles. The Morgan fingerprint density at radius 2 is 2.05 bits per heavy atom. The van der Waals surface area contributed by atoms with Crippen LogP contribution in [-0.4, -0.2) is 17.9 Å². The van der Waals surface area contributed by atoms with Gasteiger partial charge in [0.2, 0.25) is 0 Å². The Bertz CT molecular complexity index is 604. The van der Waals surface area contributed by atoms with Crippen LogP contribution in [0.4, 0.5) is 0 Å². The van der Waals surface area contributed by atoms with Crippen LogP contribution >= 0.6 is 0 Å². The molecule has 0 radical (unpaired) electrons. The molecule has 1 unspecified atom stereocenters. The lowest BCUT2D eigenvalue weighted by atomic mass is 9.95. The molecule has 3 rings (SSSR count). The molecule has 2 aromatic rings. The molecule has 0 aliphatic heterocycles. The van der Waals surface area contributed by atoms with Gasteiger partial charge in [0, 0.05) is 11.8 Å². The molecule has 0 bridgehead atoms. The van der Waals surface area contributed by atoms with Crippen molar-refractivity contribution in [2.45, 2.75) is 18.8 Å². The monoisotopic (exact) mass is 253 g/mol. The first-order chi connectivity index (χ1) is 9.29. The Morgan fingerprint density at radius 3 is 2.79 bits per heavy atom. The van der Waals surface area contributed by atoms with Crippen LogP contribution in [0, 0.1) is 0 Å². The van der Waals surface area contributed by atoms with Crippen LogP contribution in [0.5, 0.6) is 5.75 Å². The maximum absolute atomic E-state index is 12.5. The van der Waals surface area contributed by atoms with E-state index in [1.54, 1.807) is 13.3 Å². The van der Waals surface area contributed by atoms with E-state index in [9.17, 15) is 4.79 Å². The van der Waals surface area contributed by atoms with Crippen molar-refractivity contribution in [2.75, 3.05) is 7.11 Å². The molecular weight excluding hydrogens is 238 g/mol. The van der Waals surface area contributed by atoms with Crippen LogP contribution in [0.25, 0.3) is 0 Å². The summed E-state index contributed by atoms with van der Waals surface area (Å²) in [4.78, 5) is 16.9. The van der Waals surface area contributed by atoms with Crippen molar-refractivity contribution in [3.8, 4) is 5.75 Å². The predicted octanol–water partition coefficient (Wildman–Crippen LogP) is 3.00. The number of aryl methyl sites for hydroxylation is 1. The molecule has 3 nitrogen and oxygen atoms in total. The Hall–Kier alpha value is -2.16. The summed E-state index contributed by atoms with van der Waals surface area (Å²) >= 11 is 0. The molecule has 0 fully saturated rings. The first-order valence-electron chi connectivity index (χ1n) is 6.41. The molecule has 1 aliphatic rings. The van der Waals surface area contributed by atoms with Gasteiger partial charge >= 0.3 is 0 Å². The van der Waals surface area contributed by atoms with Gasteiger partial charge in [-0.1, -0.05) is 6.07 Å². The van der Waals surface area contributed by atoms with E-state index in [1.165, 1.54) is 5.56 Å². The molecule has 1 aromatic heterocycles. The number of hydrogen-bond donors (Lipinski definition) is 0. The SMILES string of the molecule is COc1ccc(C(=O)C2CCc3cccnc32)cc1. The summed E-state index contributed by atoms with van der Waals surface area (Å²) in [6.45, 7) is 0. The van der Waals surface area contributed by atoms with Gasteiger partial charge in [-0.2, -0.15) is 0 Å². The van der Waals surface area contributed by atoms with Crippen molar-refractivity contribution in [2.24, 2.45) is 0 Å². The fraction of sp³-hybridized carbons (Fsp3) is 0.250. The average Bonchev–Trinajstić information content (AvgIpc) is 2.90. The summed E-state index contributed by atoms with van der Waals surface area (Å²) in [6, 6.07) is 11.3. The molecule has 1 aliphatic carbocycles. The lowest BCUT2D eigenvalue weighted by Crippen LogP contribution is -2.11. The molecule has 0 saturated carbocycles. The average molecular weight is 253 g/mol. The number of rotatable bonds is 3. The third kappa shape index (κ3) is 2.12. The lowest BCUT2D eigenvalue weighted by Gasteiger charge is -2.10. The van der Waals surface area contributed by atoms with Crippen LogP contribution in [-0.2, 0) is 6.42 Å². The van der Waals surface area contributed by atoms with E-state index in [0.29, 0.717) is 0 Å². The van der Waals surface area contributed by atoms with E-state index >= 15 is 0 Å². The topological polar surface area (TPSA) is 39.2 Å². The second-order valence-corrected chi connectivity index (χ2v) is 4.73. The van der Waals surface area contributed by atoms with E-state index in [2.05, 4.69) is 11.1 Å². The smallest absolute Gasteiger partial charge is 0.171 e. The zero-order valence-electron chi connectivity index (χ0n) is 10.8. The third-order valence-electron chi connectivity index (χ3n) is 3.65. The Labute approximate surface area is 112 Å². The van der Waals surface area contributed by atoms with E-state index in [4.69, 9.17) is 4.74 Å². The number of hydrogen-bond acceptors (Lipinski definition) is 3. The van der Waals surface area contributed by atoms with Crippen molar-refractivity contribution in [1.82, 2.24) is 4.98 Å². The number of nitrogens with zero attached hydrogens (tertiary/aromatic N) is 1. The minimum absolute atomic E-state index is 0.0930. The summed E-state index contributed by atoms with van der Waals surface area (Å²) in [7, 11) is 1.62. The van der Waals surface area contributed by atoms with Crippen molar-refractivity contribution in [1.29, 1.82) is 0 Å². The fourth-order valence-corrected chi connectivity index (χ4v) is 2.62. The summed E-state index contributed by atoms with van der Waals surface area (Å²) in [5.74, 6) is 0.825. The Morgan fingerprint density at radius 1 is 1.26 bits per heavy atom. The zero-order valence-corrected chi connectivity index (χ0v) is 10.8. The lowest BCUT2D eigenvalue weighted by molar-refractivity contribution is 0.0958. The number of ketones is 1. The molecule has 0 spiro atoms. The summed E-state index contributed by atoms with van der Waals surface area (Å²) < 4.78 is 5.11. The highest BCUT2D eigenvalue weighted by Crippen LogP contribution is 2.33. The van der Waals surface area contributed by atoms with Gasteiger partial charge in [-0.05, 0) is 48.7 Å². The zero-order chi connectivity index (χ0) is 13.2. The predicted molar refractivity (Wildman–Crippen MR) is 72.6 cm³/mol. The highest BCUT2D eigenvalue weighted by Gasteiger charge is 2.30. The molecule has 19 heavy (non-hydrogen) atoms. The van der Waals surface area contributed by atoms with Gasteiger partial charge in [0.15, 0.2) is 5.78 Å². The first-order valence-corrected chi connectivity index (χ1v) is 6.41. The number of pyridine rings is 1. The van der Waals surface area contributed by atoms with Crippen LogP contribution < -0.4 is 4.74 Å². The van der Waals surface area contributed by atoms with E-state index in [1.807, 2.05) is 30.3 Å². The molecule has 3 heteroatoms. The van der Waals surface area contributed by atoms with Crippen molar-refractivity contribution >= 4 is 5.78 Å². The van der Waals surface area contributed by atoms with Gasteiger partial charge in [0.1, 0.15) is 5.75 Å².